The molecule has 5 nitrogen and oxygen atoms in total. The van der Waals surface area contributed by atoms with E-state index in [1.165, 1.54) is 9.80 Å². The Labute approximate surface area is 110 Å². The molecule has 1 fully saturated rings. The van der Waals surface area contributed by atoms with Crippen molar-refractivity contribution in [1.82, 2.24) is 9.80 Å². The van der Waals surface area contributed by atoms with Crippen molar-refractivity contribution in [2.75, 3.05) is 13.6 Å². The van der Waals surface area contributed by atoms with Crippen molar-refractivity contribution in [3.63, 3.8) is 0 Å². The molecular formula is C12H13N3O2S. The van der Waals surface area contributed by atoms with Crippen LogP contribution in [0.2, 0.25) is 0 Å². The van der Waals surface area contributed by atoms with Crippen LogP contribution in [0, 0.1) is 0 Å². The summed E-state index contributed by atoms with van der Waals surface area (Å²) in [7, 11) is 1.60. The van der Waals surface area contributed by atoms with Gasteiger partial charge >= 0.3 is 6.03 Å². The summed E-state index contributed by atoms with van der Waals surface area (Å²) in [5, 5.41) is 0. The minimum Gasteiger partial charge on any atom is -0.389 e. The molecule has 0 atom stereocenters. The number of hydrogen-bond acceptors (Lipinski definition) is 3. The number of carbonyl (C=O) groups excluding carboxylic acids is 2. The first-order valence-corrected chi connectivity index (χ1v) is 5.84. The Hall–Kier alpha value is -1.95. The van der Waals surface area contributed by atoms with E-state index in [1.807, 2.05) is 6.07 Å². The van der Waals surface area contributed by atoms with Crippen LogP contribution in [0.1, 0.15) is 11.1 Å². The van der Waals surface area contributed by atoms with Crippen molar-refractivity contribution in [2.45, 2.75) is 6.54 Å². The molecule has 0 radical (unpaired) electrons. The van der Waals surface area contributed by atoms with E-state index in [0.29, 0.717) is 4.99 Å². The van der Waals surface area contributed by atoms with Crippen LogP contribution in [0.5, 0.6) is 0 Å². The second-order valence-electron chi connectivity index (χ2n) is 4.18. The van der Waals surface area contributed by atoms with Gasteiger partial charge in [0.25, 0.3) is 5.91 Å². The highest BCUT2D eigenvalue weighted by Crippen LogP contribution is 2.14. The van der Waals surface area contributed by atoms with Gasteiger partial charge in [-0.1, -0.05) is 30.4 Å². The number of likely N-dealkylation sites (N-methyl/N-ethyl adjacent to an activating group) is 1. The monoisotopic (exact) mass is 263 g/mol. The Kier molecular flexibility index (Phi) is 3.29. The minimum absolute atomic E-state index is 0.133. The van der Waals surface area contributed by atoms with Gasteiger partial charge in [0, 0.05) is 12.6 Å². The zero-order valence-electron chi connectivity index (χ0n) is 9.92. The fourth-order valence-corrected chi connectivity index (χ4v) is 1.96. The van der Waals surface area contributed by atoms with E-state index in [0.717, 1.165) is 11.1 Å². The van der Waals surface area contributed by atoms with Gasteiger partial charge in [0.05, 0.1) is 6.54 Å². The first-order chi connectivity index (χ1) is 8.49. The number of imide groups is 1. The van der Waals surface area contributed by atoms with Crippen LogP contribution < -0.4 is 5.73 Å². The summed E-state index contributed by atoms with van der Waals surface area (Å²) >= 11 is 4.89. The van der Waals surface area contributed by atoms with Gasteiger partial charge in [-0.2, -0.15) is 0 Å². The lowest BCUT2D eigenvalue weighted by Gasteiger charge is -2.14. The van der Waals surface area contributed by atoms with Crippen molar-refractivity contribution >= 4 is 29.1 Å². The van der Waals surface area contributed by atoms with Gasteiger partial charge in [-0.3, -0.25) is 9.69 Å². The lowest BCUT2D eigenvalue weighted by atomic mass is 10.1. The molecule has 3 amide bonds. The van der Waals surface area contributed by atoms with Crippen LogP contribution in [-0.2, 0) is 11.3 Å². The highest BCUT2D eigenvalue weighted by Gasteiger charge is 2.33. The lowest BCUT2D eigenvalue weighted by Crippen LogP contribution is -2.31. The third kappa shape index (κ3) is 2.33. The lowest BCUT2D eigenvalue weighted by molar-refractivity contribution is -0.125. The molecule has 0 unspecified atom stereocenters. The fraction of sp³-hybridized carbons (Fsp3) is 0.250. The van der Waals surface area contributed by atoms with Gasteiger partial charge in [0.15, 0.2) is 0 Å². The van der Waals surface area contributed by atoms with E-state index in [9.17, 15) is 9.59 Å². The summed E-state index contributed by atoms with van der Waals surface area (Å²) in [6, 6.07) is 6.95. The van der Waals surface area contributed by atoms with Gasteiger partial charge in [0.2, 0.25) is 0 Å². The SMILES string of the molecule is CN1CC(=O)N(Cc2cccc(C(N)=S)c2)C1=O. The summed E-state index contributed by atoms with van der Waals surface area (Å²) in [5.41, 5.74) is 7.11. The molecule has 18 heavy (non-hydrogen) atoms. The molecule has 6 heteroatoms. The second kappa shape index (κ2) is 4.73. The van der Waals surface area contributed by atoms with Crippen LogP contribution >= 0.6 is 12.2 Å². The number of carbonyl (C=O) groups is 2. The van der Waals surface area contributed by atoms with E-state index in [4.69, 9.17) is 18.0 Å². The van der Waals surface area contributed by atoms with E-state index in [-0.39, 0.29) is 25.0 Å². The Morgan fingerprint density at radius 1 is 1.44 bits per heavy atom. The number of amides is 3. The van der Waals surface area contributed by atoms with Gasteiger partial charge < -0.3 is 10.6 Å². The summed E-state index contributed by atoms with van der Waals surface area (Å²) < 4.78 is 0. The van der Waals surface area contributed by atoms with Crippen molar-refractivity contribution in [3.8, 4) is 0 Å². The third-order valence-electron chi connectivity index (χ3n) is 2.78. The minimum atomic E-state index is -0.277. The van der Waals surface area contributed by atoms with Crippen molar-refractivity contribution < 1.29 is 9.59 Å². The molecular weight excluding hydrogens is 250 g/mol. The number of rotatable bonds is 3. The molecule has 94 valence electrons. The van der Waals surface area contributed by atoms with Crippen molar-refractivity contribution in [1.29, 1.82) is 0 Å². The van der Waals surface area contributed by atoms with Crippen LogP contribution in [-0.4, -0.2) is 40.3 Å². The maximum Gasteiger partial charge on any atom is 0.327 e. The predicted octanol–water partition coefficient (Wildman–Crippen LogP) is 0.715. The van der Waals surface area contributed by atoms with Crippen LogP contribution in [0.25, 0.3) is 0 Å². The van der Waals surface area contributed by atoms with Gasteiger partial charge in [-0.15, -0.1) is 0 Å². The smallest absolute Gasteiger partial charge is 0.327 e. The van der Waals surface area contributed by atoms with E-state index in [1.54, 1.807) is 25.2 Å². The van der Waals surface area contributed by atoms with Gasteiger partial charge in [0.1, 0.15) is 11.5 Å². The first-order valence-electron chi connectivity index (χ1n) is 5.43. The van der Waals surface area contributed by atoms with E-state index < -0.39 is 0 Å². The zero-order valence-corrected chi connectivity index (χ0v) is 10.7. The molecule has 1 aliphatic rings. The molecule has 2 N–H and O–H groups in total. The summed E-state index contributed by atoms with van der Waals surface area (Å²) in [4.78, 5) is 26.3. The second-order valence-corrected chi connectivity index (χ2v) is 4.62. The normalized spacial score (nSPS) is 15.4. The molecule has 0 aliphatic carbocycles. The first kappa shape index (κ1) is 12.5. The summed E-state index contributed by atoms with van der Waals surface area (Å²) in [5.74, 6) is -0.191. The number of hydrogen-bond donors (Lipinski definition) is 1. The molecule has 1 heterocycles. The molecule has 1 aromatic rings. The summed E-state index contributed by atoms with van der Waals surface area (Å²) in [6.07, 6.45) is 0. The largest absolute Gasteiger partial charge is 0.389 e. The van der Waals surface area contributed by atoms with Crippen LogP contribution in [0.15, 0.2) is 24.3 Å². The molecule has 0 saturated carbocycles. The maximum atomic E-state index is 11.7. The van der Waals surface area contributed by atoms with Gasteiger partial charge in [-0.05, 0) is 11.6 Å². The highest BCUT2D eigenvalue weighted by atomic mass is 32.1. The predicted molar refractivity (Wildman–Crippen MR) is 70.9 cm³/mol. The zero-order chi connectivity index (χ0) is 13.3. The average Bonchev–Trinajstić information content (AvgIpc) is 2.56. The Morgan fingerprint density at radius 2 is 2.17 bits per heavy atom. The molecule has 1 saturated heterocycles. The average molecular weight is 263 g/mol. The van der Waals surface area contributed by atoms with Crippen LogP contribution in [0.4, 0.5) is 4.79 Å². The van der Waals surface area contributed by atoms with Crippen LogP contribution in [0.3, 0.4) is 0 Å². The number of thiocarbonyl (C=S) groups is 1. The number of urea groups is 1. The quantitative estimate of drug-likeness (QED) is 0.644. The molecule has 0 bridgehead atoms. The number of nitrogens with zero attached hydrogens (tertiary/aromatic N) is 2. The molecule has 1 aliphatic heterocycles. The number of benzene rings is 1. The molecule has 0 spiro atoms. The molecule has 2 rings (SSSR count). The topological polar surface area (TPSA) is 66.6 Å². The summed E-state index contributed by atoms with van der Waals surface area (Å²) in [6.45, 7) is 0.381. The Balaban J connectivity index is 2.19. The van der Waals surface area contributed by atoms with E-state index >= 15 is 0 Å². The molecule has 0 aromatic heterocycles. The molecule has 1 aromatic carbocycles. The standard InChI is InChI=1S/C12H13N3O2S/c1-14-7-10(16)15(12(14)17)6-8-3-2-4-9(5-8)11(13)18/h2-5H,6-7H2,1H3,(H2,13,18). The third-order valence-corrected chi connectivity index (χ3v) is 3.02. The Morgan fingerprint density at radius 3 is 2.72 bits per heavy atom. The van der Waals surface area contributed by atoms with Crippen molar-refractivity contribution in [3.05, 3.63) is 35.4 Å². The van der Waals surface area contributed by atoms with Crippen molar-refractivity contribution in [2.24, 2.45) is 5.73 Å². The number of nitrogens with two attached hydrogens (primary N) is 1. The highest BCUT2D eigenvalue weighted by molar-refractivity contribution is 7.80. The Bertz CT molecular complexity index is 530. The maximum absolute atomic E-state index is 11.7. The van der Waals surface area contributed by atoms with Gasteiger partial charge in [-0.25, -0.2) is 4.79 Å². The fourth-order valence-electron chi connectivity index (χ4n) is 1.83. The van der Waals surface area contributed by atoms with E-state index in [2.05, 4.69) is 0 Å².